The van der Waals surface area contributed by atoms with E-state index in [2.05, 4.69) is 4.98 Å². The fourth-order valence-electron chi connectivity index (χ4n) is 1.22. The topological polar surface area (TPSA) is 59.2 Å². The smallest absolute Gasteiger partial charge is 0.232 e. The van der Waals surface area contributed by atoms with Gasteiger partial charge >= 0.3 is 0 Å². The molecule has 2 N–H and O–H groups in total. The minimum atomic E-state index is -0.144. The maximum atomic E-state index is 11.9. The van der Waals surface area contributed by atoms with Crippen LogP contribution in [0.5, 0.6) is 0 Å². The maximum Gasteiger partial charge on any atom is 0.232 e. The van der Waals surface area contributed by atoms with Gasteiger partial charge in [-0.25, -0.2) is 4.98 Å². The number of rotatable bonds is 4. The van der Waals surface area contributed by atoms with Crippen LogP contribution < -0.4 is 10.6 Å². The van der Waals surface area contributed by atoms with Gasteiger partial charge in [0.05, 0.1) is 5.69 Å². The predicted molar refractivity (Wildman–Crippen MR) is 63.1 cm³/mol. The van der Waals surface area contributed by atoms with Crippen molar-refractivity contribution in [1.82, 2.24) is 4.98 Å². The zero-order valence-corrected chi connectivity index (χ0v) is 10.2. The lowest BCUT2D eigenvalue weighted by molar-refractivity contribution is -0.121. The third-order valence-corrected chi connectivity index (χ3v) is 3.18. The van der Waals surface area contributed by atoms with E-state index in [1.807, 2.05) is 26.2 Å². The molecule has 5 heteroatoms. The summed E-state index contributed by atoms with van der Waals surface area (Å²) in [5.74, 6) is -0.0940. The van der Waals surface area contributed by atoms with Gasteiger partial charge in [-0.3, -0.25) is 9.69 Å². The van der Waals surface area contributed by atoms with Crippen LogP contribution in [0.4, 0.5) is 5.13 Å². The summed E-state index contributed by atoms with van der Waals surface area (Å²) in [6.45, 7) is 6.71. The first-order valence-electron chi connectivity index (χ1n) is 5.03. The van der Waals surface area contributed by atoms with Crippen molar-refractivity contribution >= 4 is 22.4 Å². The van der Waals surface area contributed by atoms with Crippen molar-refractivity contribution in [3.8, 4) is 0 Å². The average molecular weight is 227 g/mol. The molecule has 0 saturated heterocycles. The number of hydrogen-bond acceptors (Lipinski definition) is 4. The molecule has 0 saturated carbocycles. The number of hydrogen-bond donors (Lipinski definition) is 1. The Morgan fingerprint density at radius 2 is 2.40 bits per heavy atom. The molecule has 0 radical (unpaired) electrons. The van der Waals surface area contributed by atoms with E-state index in [0.717, 1.165) is 10.8 Å². The van der Waals surface area contributed by atoms with Crippen LogP contribution in [0.3, 0.4) is 0 Å². The number of aromatic nitrogens is 1. The van der Waals surface area contributed by atoms with Crippen molar-refractivity contribution in [1.29, 1.82) is 0 Å². The van der Waals surface area contributed by atoms with Gasteiger partial charge in [0, 0.05) is 24.4 Å². The Hall–Kier alpha value is -0.940. The van der Waals surface area contributed by atoms with Crippen molar-refractivity contribution in [2.45, 2.75) is 20.8 Å². The zero-order chi connectivity index (χ0) is 11.4. The monoisotopic (exact) mass is 227 g/mol. The molecule has 0 bridgehead atoms. The van der Waals surface area contributed by atoms with Crippen LogP contribution in [-0.2, 0) is 4.79 Å². The van der Waals surface area contributed by atoms with Gasteiger partial charge in [0.1, 0.15) is 0 Å². The first-order valence-corrected chi connectivity index (χ1v) is 5.91. The second-order valence-corrected chi connectivity index (χ2v) is 4.33. The van der Waals surface area contributed by atoms with Crippen LogP contribution in [0.15, 0.2) is 5.38 Å². The largest absolute Gasteiger partial charge is 0.330 e. The Labute approximate surface area is 94.1 Å². The van der Waals surface area contributed by atoms with Gasteiger partial charge in [-0.15, -0.1) is 11.3 Å². The summed E-state index contributed by atoms with van der Waals surface area (Å²) in [6.07, 6.45) is 0. The summed E-state index contributed by atoms with van der Waals surface area (Å²) in [7, 11) is 0. The molecule has 0 aliphatic rings. The van der Waals surface area contributed by atoms with E-state index in [1.165, 1.54) is 11.3 Å². The number of aryl methyl sites for hydroxylation is 1. The van der Waals surface area contributed by atoms with Crippen LogP contribution >= 0.6 is 11.3 Å². The lowest BCUT2D eigenvalue weighted by atomic mass is 10.1. The van der Waals surface area contributed by atoms with Crippen molar-refractivity contribution in [3.05, 3.63) is 11.1 Å². The summed E-state index contributed by atoms with van der Waals surface area (Å²) in [5.41, 5.74) is 6.43. The van der Waals surface area contributed by atoms with Gasteiger partial charge in [0.2, 0.25) is 5.91 Å². The van der Waals surface area contributed by atoms with Gasteiger partial charge in [-0.05, 0) is 13.8 Å². The van der Waals surface area contributed by atoms with Crippen LogP contribution in [0.25, 0.3) is 0 Å². The van der Waals surface area contributed by atoms with E-state index in [-0.39, 0.29) is 11.8 Å². The standard InChI is InChI=1S/C10H17N3OS/c1-4-13(9(14)7(2)5-11)10-12-8(3)6-15-10/h6-7H,4-5,11H2,1-3H3. The highest BCUT2D eigenvalue weighted by atomic mass is 32.1. The Bertz CT molecular complexity index is 337. The summed E-state index contributed by atoms with van der Waals surface area (Å²) in [5, 5.41) is 2.71. The van der Waals surface area contributed by atoms with Gasteiger partial charge in [0.15, 0.2) is 5.13 Å². The Balaban J connectivity index is 2.84. The molecule has 4 nitrogen and oxygen atoms in total. The molecule has 1 aromatic heterocycles. The second-order valence-electron chi connectivity index (χ2n) is 3.49. The van der Waals surface area contributed by atoms with E-state index in [1.54, 1.807) is 4.90 Å². The molecule has 1 atom stereocenters. The molecule has 0 aliphatic carbocycles. The highest BCUT2D eigenvalue weighted by Crippen LogP contribution is 2.21. The molecule has 1 rings (SSSR count). The van der Waals surface area contributed by atoms with E-state index in [9.17, 15) is 4.79 Å². The van der Waals surface area contributed by atoms with Crippen LogP contribution in [0.1, 0.15) is 19.5 Å². The number of nitrogens with zero attached hydrogens (tertiary/aromatic N) is 2. The average Bonchev–Trinajstić information content (AvgIpc) is 2.64. The molecule has 0 fully saturated rings. The Morgan fingerprint density at radius 1 is 1.73 bits per heavy atom. The normalized spacial score (nSPS) is 12.5. The first-order chi connectivity index (χ1) is 7.10. The van der Waals surface area contributed by atoms with E-state index in [0.29, 0.717) is 13.1 Å². The third kappa shape index (κ3) is 2.76. The van der Waals surface area contributed by atoms with Crippen LogP contribution in [-0.4, -0.2) is 24.0 Å². The molecule has 84 valence electrons. The molecule has 0 spiro atoms. The minimum absolute atomic E-state index is 0.0503. The molecule has 15 heavy (non-hydrogen) atoms. The second kappa shape index (κ2) is 5.23. The molecular weight excluding hydrogens is 210 g/mol. The summed E-state index contributed by atoms with van der Waals surface area (Å²) >= 11 is 1.49. The Kier molecular flexibility index (Phi) is 4.23. The summed E-state index contributed by atoms with van der Waals surface area (Å²) in [6, 6.07) is 0. The minimum Gasteiger partial charge on any atom is -0.330 e. The fraction of sp³-hybridized carbons (Fsp3) is 0.600. The van der Waals surface area contributed by atoms with E-state index in [4.69, 9.17) is 5.73 Å². The number of amides is 1. The Morgan fingerprint density at radius 3 is 2.80 bits per heavy atom. The summed E-state index contributed by atoms with van der Waals surface area (Å²) in [4.78, 5) is 17.9. The number of thiazole rings is 1. The van der Waals surface area contributed by atoms with E-state index >= 15 is 0 Å². The quantitative estimate of drug-likeness (QED) is 0.845. The molecule has 1 heterocycles. The molecule has 1 aromatic rings. The number of carbonyl (C=O) groups excluding carboxylic acids is 1. The number of carbonyl (C=O) groups is 1. The highest BCUT2D eigenvalue weighted by Gasteiger charge is 2.21. The van der Waals surface area contributed by atoms with Crippen LogP contribution in [0, 0.1) is 12.8 Å². The van der Waals surface area contributed by atoms with Crippen molar-refractivity contribution < 1.29 is 4.79 Å². The molecule has 1 unspecified atom stereocenters. The molecule has 0 aromatic carbocycles. The lowest BCUT2D eigenvalue weighted by Crippen LogP contribution is -2.37. The SMILES string of the molecule is CCN(C(=O)C(C)CN)c1nc(C)cs1. The summed E-state index contributed by atoms with van der Waals surface area (Å²) < 4.78 is 0. The third-order valence-electron chi connectivity index (χ3n) is 2.20. The van der Waals surface area contributed by atoms with Crippen molar-refractivity contribution in [2.75, 3.05) is 18.0 Å². The van der Waals surface area contributed by atoms with Gasteiger partial charge in [-0.2, -0.15) is 0 Å². The van der Waals surface area contributed by atoms with Crippen molar-refractivity contribution in [2.24, 2.45) is 11.7 Å². The van der Waals surface area contributed by atoms with Gasteiger partial charge < -0.3 is 5.73 Å². The van der Waals surface area contributed by atoms with Crippen molar-refractivity contribution in [3.63, 3.8) is 0 Å². The first kappa shape index (κ1) is 12.1. The maximum absolute atomic E-state index is 11.9. The lowest BCUT2D eigenvalue weighted by Gasteiger charge is -2.20. The highest BCUT2D eigenvalue weighted by molar-refractivity contribution is 7.14. The molecule has 0 aliphatic heterocycles. The van der Waals surface area contributed by atoms with Crippen LogP contribution in [0.2, 0.25) is 0 Å². The number of nitrogens with two attached hydrogens (primary N) is 1. The zero-order valence-electron chi connectivity index (χ0n) is 9.36. The molecule has 1 amide bonds. The number of anilines is 1. The van der Waals surface area contributed by atoms with Gasteiger partial charge in [0.25, 0.3) is 0 Å². The molecular formula is C10H17N3OS. The predicted octanol–water partition coefficient (Wildman–Crippen LogP) is 1.40. The fourth-order valence-corrected chi connectivity index (χ4v) is 2.09. The van der Waals surface area contributed by atoms with Gasteiger partial charge in [-0.1, -0.05) is 6.92 Å². The van der Waals surface area contributed by atoms with E-state index < -0.39 is 0 Å².